The van der Waals surface area contributed by atoms with Crippen molar-refractivity contribution in [1.29, 1.82) is 0 Å². The molecule has 1 fully saturated rings. The van der Waals surface area contributed by atoms with Crippen LogP contribution in [-0.2, 0) is 0 Å². The molecule has 0 unspecified atom stereocenters. The molecule has 0 bridgehead atoms. The highest BCUT2D eigenvalue weighted by Gasteiger charge is 2.36. The summed E-state index contributed by atoms with van der Waals surface area (Å²) < 4.78 is 39.4. The molecule has 0 N–H and O–H groups in total. The van der Waals surface area contributed by atoms with Crippen molar-refractivity contribution in [3.8, 4) is 0 Å². The fourth-order valence-electron chi connectivity index (χ4n) is 1.76. The molecule has 0 aromatic carbocycles. The Morgan fingerprint density at radius 3 is 2.87 bits per heavy atom. The second-order valence-electron chi connectivity index (χ2n) is 3.69. The zero-order chi connectivity index (χ0) is 10.9. The fraction of sp³-hybridized carbons (Fsp3) is 0.500. The van der Waals surface area contributed by atoms with Crippen molar-refractivity contribution in [2.24, 2.45) is 0 Å². The molecule has 2 nitrogen and oxygen atoms in total. The van der Waals surface area contributed by atoms with Gasteiger partial charge in [-0.1, -0.05) is 0 Å². The summed E-state index contributed by atoms with van der Waals surface area (Å²) in [5, 5.41) is 0. The minimum Gasteiger partial charge on any atom is -0.348 e. The maximum absolute atomic E-state index is 13.3. The predicted octanol–water partition coefficient (Wildman–Crippen LogP) is 2.46. The summed E-state index contributed by atoms with van der Waals surface area (Å²) in [6.07, 6.45) is 1.64. The largest absolute Gasteiger partial charge is 0.348 e. The van der Waals surface area contributed by atoms with Crippen LogP contribution in [0.4, 0.5) is 19.0 Å². The van der Waals surface area contributed by atoms with Crippen LogP contribution in [0.1, 0.15) is 12.8 Å². The van der Waals surface area contributed by atoms with E-state index in [9.17, 15) is 13.2 Å². The second-order valence-corrected chi connectivity index (χ2v) is 3.69. The summed E-state index contributed by atoms with van der Waals surface area (Å²) in [6.45, 7) is -0.00947. The van der Waals surface area contributed by atoms with E-state index in [1.54, 1.807) is 0 Å². The first-order valence-electron chi connectivity index (χ1n) is 4.82. The van der Waals surface area contributed by atoms with Gasteiger partial charge in [0.2, 0.25) is 0 Å². The van der Waals surface area contributed by atoms with E-state index in [-0.39, 0.29) is 12.2 Å². The standard InChI is InChI=1S/C10H11F3N2/c11-8-3-1-5-14-9(8)15-6-2-4-10(12,13)7-15/h1,3,5H,2,4,6-7H2. The van der Waals surface area contributed by atoms with Crippen LogP contribution >= 0.6 is 0 Å². The third-order valence-electron chi connectivity index (χ3n) is 2.43. The van der Waals surface area contributed by atoms with Crippen LogP contribution in [0, 0.1) is 5.82 Å². The van der Waals surface area contributed by atoms with E-state index in [4.69, 9.17) is 0 Å². The zero-order valence-corrected chi connectivity index (χ0v) is 8.09. The number of hydrogen-bond acceptors (Lipinski definition) is 2. The molecule has 15 heavy (non-hydrogen) atoms. The lowest BCUT2D eigenvalue weighted by Gasteiger charge is -2.33. The van der Waals surface area contributed by atoms with Crippen molar-refractivity contribution in [3.05, 3.63) is 24.1 Å². The fourth-order valence-corrected chi connectivity index (χ4v) is 1.76. The van der Waals surface area contributed by atoms with Crippen LogP contribution in [0.3, 0.4) is 0 Å². The first kappa shape index (κ1) is 10.3. The Hall–Kier alpha value is -1.26. The Labute approximate surface area is 85.7 Å². The molecule has 0 amide bonds. The van der Waals surface area contributed by atoms with Gasteiger partial charge in [-0.2, -0.15) is 0 Å². The highest BCUT2D eigenvalue weighted by molar-refractivity contribution is 5.40. The van der Waals surface area contributed by atoms with Gasteiger partial charge in [0.1, 0.15) is 0 Å². The quantitative estimate of drug-likeness (QED) is 0.716. The van der Waals surface area contributed by atoms with Gasteiger partial charge in [-0.05, 0) is 18.6 Å². The maximum Gasteiger partial charge on any atom is 0.265 e. The van der Waals surface area contributed by atoms with Gasteiger partial charge in [-0.15, -0.1) is 0 Å². The molecular formula is C10H11F3N2. The van der Waals surface area contributed by atoms with E-state index in [2.05, 4.69) is 4.98 Å². The summed E-state index contributed by atoms with van der Waals surface area (Å²) in [6, 6.07) is 2.68. The van der Waals surface area contributed by atoms with Gasteiger partial charge in [0.15, 0.2) is 11.6 Å². The highest BCUT2D eigenvalue weighted by Crippen LogP contribution is 2.29. The van der Waals surface area contributed by atoms with Crippen molar-refractivity contribution in [2.75, 3.05) is 18.0 Å². The summed E-state index contributed by atoms with van der Waals surface area (Å²) in [4.78, 5) is 5.09. The lowest BCUT2D eigenvalue weighted by molar-refractivity contribution is -0.0120. The number of hydrogen-bond donors (Lipinski definition) is 0. The maximum atomic E-state index is 13.3. The number of rotatable bonds is 1. The lowest BCUT2D eigenvalue weighted by Crippen LogP contribution is -2.43. The Kier molecular flexibility index (Phi) is 2.54. The Balaban J connectivity index is 2.21. The van der Waals surface area contributed by atoms with Crippen molar-refractivity contribution in [3.63, 3.8) is 0 Å². The number of anilines is 1. The highest BCUT2D eigenvalue weighted by atomic mass is 19.3. The number of pyridine rings is 1. The third kappa shape index (κ3) is 2.22. The average Bonchev–Trinajstić information content (AvgIpc) is 2.17. The molecule has 0 saturated carbocycles. The molecule has 1 saturated heterocycles. The smallest absolute Gasteiger partial charge is 0.265 e. The van der Waals surface area contributed by atoms with E-state index in [1.165, 1.54) is 23.2 Å². The molecule has 2 heterocycles. The van der Waals surface area contributed by atoms with Crippen LogP contribution in [0.2, 0.25) is 0 Å². The Bertz CT molecular complexity index is 354. The Morgan fingerprint density at radius 2 is 2.20 bits per heavy atom. The minimum absolute atomic E-state index is 0.0249. The summed E-state index contributed by atoms with van der Waals surface area (Å²) in [5.74, 6) is -3.26. The molecule has 1 aromatic rings. The SMILES string of the molecule is Fc1cccnc1N1CCCC(F)(F)C1. The van der Waals surface area contributed by atoms with Crippen LogP contribution in [0.5, 0.6) is 0 Å². The molecule has 5 heteroatoms. The van der Waals surface area contributed by atoms with Gasteiger partial charge >= 0.3 is 0 Å². The number of halogens is 3. The number of piperidine rings is 1. The summed E-state index contributed by atoms with van der Waals surface area (Å²) in [7, 11) is 0. The second kappa shape index (κ2) is 3.72. The monoisotopic (exact) mass is 216 g/mol. The molecule has 2 rings (SSSR count). The van der Waals surface area contributed by atoms with Crippen molar-refractivity contribution in [2.45, 2.75) is 18.8 Å². The van der Waals surface area contributed by atoms with E-state index in [0.717, 1.165) is 0 Å². The van der Waals surface area contributed by atoms with Crippen LogP contribution in [0.25, 0.3) is 0 Å². The van der Waals surface area contributed by atoms with Crippen molar-refractivity contribution >= 4 is 5.82 Å². The van der Waals surface area contributed by atoms with Crippen LogP contribution < -0.4 is 4.90 Å². The molecule has 0 radical (unpaired) electrons. The topological polar surface area (TPSA) is 16.1 Å². The summed E-state index contributed by atoms with van der Waals surface area (Å²) in [5.41, 5.74) is 0. The molecule has 1 aliphatic heterocycles. The Morgan fingerprint density at radius 1 is 1.40 bits per heavy atom. The van der Waals surface area contributed by atoms with E-state index >= 15 is 0 Å². The molecule has 0 aliphatic carbocycles. The van der Waals surface area contributed by atoms with E-state index < -0.39 is 18.3 Å². The lowest BCUT2D eigenvalue weighted by atomic mass is 10.1. The van der Waals surface area contributed by atoms with Gasteiger partial charge in [0.05, 0.1) is 6.54 Å². The third-order valence-corrected chi connectivity index (χ3v) is 2.43. The van der Waals surface area contributed by atoms with Gasteiger partial charge in [-0.25, -0.2) is 18.2 Å². The van der Waals surface area contributed by atoms with Gasteiger partial charge < -0.3 is 4.90 Å². The van der Waals surface area contributed by atoms with Crippen LogP contribution in [0.15, 0.2) is 18.3 Å². The normalized spacial score (nSPS) is 20.3. The number of alkyl halides is 2. The minimum atomic E-state index is -2.73. The molecule has 0 atom stereocenters. The molecule has 1 aliphatic rings. The van der Waals surface area contributed by atoms with E-state index in [1.807, 2.05) is 0 Å². The molecule has 82 valence electrons. The average molecular weight is 216 g/mol. The number of aromatic nitrogens is 1. The van der Waals surface area contributed by atoms with Crippen LogP contribution in [-0.4, -0.2) is 24.0 Å². The van der Waals surface area contributed by atoms with Gasteiger partial charge in [0.25, 0.3) is 5.92 Å². The van der Waals surface area contributed by atoms with E-state index in [0.29, 0.717) is 13.0 Å². The zero-order valence-electron chi connectivity index (χ0n) is 8.09. The van der Waals surface area contributed by atoms with Gasteiger partial charge in [-0.3, -0.25) is 0 Å². The first-order chi connectivity index (χ1) is 7.08. The predicted molar refractivity (Wildman–Crippen MR) is 50.6 cm³/mol. The first-order valence-corrected chi connectivity index (χ1v) is 4.82. The molecule has 1 aromatic heterocycles. The van der Waals surface area contributed by atoms with Gasteiger partial charge in [0, 0.05) is 19.2 Å². The van der Waals surface area contributed by atoms with Crippen molar-refractivity contribution < 1.29 is 13.2 Å². The molecular weight excluding hydrogens is 205 g/mol. The number of nitrogens with zero attached hydrogens (tertiary/aromatic N) is 2. The molecule has 0 spiro atoms. The summed E-state index contributed by atoms with van der Waals surface area (Å²) >= 11 is 0. The van der Waals surface area contributed by atoms with Crippen molar-refractivity contribution in [1.82, 2.24) is 4.98 Å².